The molecule has 0 saturated heterocycles. The highest BCUT2D eigenvalue weighted by Gasteiger charge is 2.14. The number of unbranched alkanes of at least 4 members (excludes halogenated alkanes) is 13. The summed E-state index contributed by atoms with van der Waals surface area (Å²) in [5, 5.41) is 2.67. The lowest BCUT2D eigenvalue weighted by Crippen LogP contribution is -2.16. The van der Waals surface area contributed by atoms with Crippen LogP contribution in [0.25, 0.3) is 0 Å². The fourth-order valence-electron chi connectivity index (χ4n) is 3.90. The summed E-state index contributed by atoms with van der Waals surface area (Å²) in [5.41, 5.74) is 0.684. The van der Waals surface area contributed by atoms with E-state index in [1.54, 1.807) is 12.1 Å². The predicted octanol–water partition coefficient (Wildman–Crippen LogP) is 7.25. The molecule has 0 heterocycles. The zero-order chi connectivity index (χ0) is 25.0. The summed E-state index contributed by atoms with van der Waals surface area (Å²) < 4.78 is 10.6. The van der Waals surface area contributed by atoms with Crippen molar-refractivity contribution < 1.29 is 23.9 Å². The van der Waals surface area contributed by atoms with Crippen LogP contribution < -0.4 is 10.1 Å². The first kappa shape index (κ1) is 29.7. The van der Waals surface area contributed by atoms with E-state index in [2.05, 4.69) is 12.2 Å². The second-order valence-corrected chi connectivity index (χ2v) is 9.07. The van der Waals surface area contributed by atoms with Crippen LogP contribution in [0.1, 0.15) is 121 Å². The van der Waals surface area contributed by atoms with Gasteiger partial charge in [0, 0.05) is 0 Å². The van der Waals surface area contributed by atoms with Crippen LogP contribution in [-0.4, -0.2) is 31.4 Å². The van der Waals surface area contributed by atoms with E-state index in [-0.39, 0.29) is 12.2 Å². The molecule has 6 heteroatoms. The summed E-state index contributed by atoms with van der Waals surface area (Å²) in [6, 6.07) is 4.77. The lowest BCUT2D eigenvalue weighted by molar-refractivity contribution is -0.124. The number of methoxy groups -OCH3 is 1. The first-order valence-corrected chi connectivity index (χ1v) is 13.1. The second-order valence-electron chi connectivity index (χ2n) is 9.07. The van der Waals surface area contributed by atoms with Gasteiger partial charge < -0.3 is 14.8 Å². The Hall–Kier alpha value is -2.37. The Bertz CT molecular complexity index is 732. The highest BCUT2D eigenvalue weighted by Crippen LogP contribution is 2.27. The van der Waals surface area contributed by atoms with Crippen molar-refractivity contribution in [1.82, 2.24) is 0 Å². The average molecular weight is 476 g/mol. The first-order valence-electron chi connectivity index (χ1n) is 13.1. The molecule has 6 nitrogen and oxygen atoms in total. The zero-order valence-electron chi connectivity index (χ0n) is 21.6. The topological polar surface area (TPSA) is 81.7 Å². The van der Waals surface area contributed by atoms with Crippen molar-refractivity contribution in [3.8, 4) is 5.75 Å². The molecule has 1 aromatic carbocycles. The third-order valence-electron chi connectivity index (χ3n) is 5.84. The fourth-order valence-corrected chi connectivity index (χ4v) is 3.90. The minimum atomic E-state index is -0.499. The number of ketones is 1. The molecule has 0 atom stereocenters. The minimum Gasteiger partial charge on any atom is -0.491 e. The Morgan fingerprint density at radius 3 is 1.82 bits per heavy atom. The van der Waals surface area contributed by atoms with Crippen molar-refractivity contribution in [2.24, 2.45) is 0 Å². The molecule has 1 amide bonds. The minimum absolute atomic E-state index is 0.221. The molecule has 0 aromatic heterocycles. The van der Waals surface area contributed by atoms with E-state index < -0.39 is 11.9 Å². The van der Waals surface area contributed by atoms with E-state index in [9.17, 15) is 14.4 Å². The molecule has 1 N–H and O–H groups in total. The molecule has 192 valence electrons. The molecule has 0 saturated carbocycles. The van der Waals surface area contributed by atoms with Gasteiger partial charge >= 0.3 is 5.97 Å². The number of nitrogens with one attached hydrogen (secondary N) is 1. The number of hydrogen-bond acceptors (Lipinski definition) is 5. The third kappa shape index (κ3) is 14.0. The van der Waals surface area contributed by atoms with E-state index in [1.807, 2.05) is 0 Å². The normalized spacial score (nSPS) is 10.7. The Morgan fingerprint density at radius 2 is 1.32 bits per heavy atom. The number of carbonyl (C=O) groups excluding carboxylic acids is 3. The van der Waals surface area contributed by atoms with E-state index >= 15 is 0 Å². The number of Topliss-reactive ketones (excluding diaryl/α,β-unsaturated/α-hetero) is 1. The van der Waals surface area contributed by atoms with Crippen LogP contribution in [0.5, 0.6) is 5.75 Å². The molecular formula is C28H45NO5. The van der Waals surface area contributed by atoms with Crippen molar-refractivity contribution >= 4 is 23.3 Å². The number of esters is 1. The van der Waals surface area contributed by atoms with Crippen LogP contribution in [0.15, 0.2) is 18.2 Å². The SMILES string of the molecule is CCCCCCCCCCCCCCCCOc1ccc(C(=O)OC)cc1NC(=O)CC(C)=O. The molecule has 0 unspecified atom stereocenters. The number of anilines is 1. The number of hydrogen-bond donors (Lipinski definition) is 1. The highest BCUT2D eigenvalue weighted by atomic mass is 16.5. The van der Waals surface area contributed by atoms with Gasteiger partial charge in [-0.2, -0.15) is 0 Å². The summed E-state index contributed by atoms with van der Waals surface area (Å²) >= 11 is 0. The summed E-state index contributed by atoms with van der Waals surface area (Å²) in [6.45, 7) is 4.15. The van der Waals surface area contributed by atoms with Gasteiger partial charge in [0.2, 0.25) is 5.91 Å². The summed E-state index contributed by atoms with van der Waals surface area (Å²) in [4.78, 5) is 35.1. The van der Waals surface area contributed by atoms with Crippen molar-refractivity contribution in [2.45, 2.75) is 110 Å². The zero-order valence-corrected chi connectivity index (χ0v) is 21.6. The molecular weight excluding hydrogens is 430 g/mol. The van der Waals surface area contributed by atoms with E-state index in [0.717, 1.165) is 12.8 Å². The summed E-state index contributed by atoms with van der Waals surface area (Å²) in [7, 11) is 1.30. The fraction of sp³-hybridized carbons (Fsp3) is 0.679. The van der Waals surface area contributed by atoms with Gasteiger partial charge in [-0.1, -0.05) is 90.4 Å². The molecule has 1 aromatic rings. The molecule has 0 aliphatic heterocycles. The Balaban J connectivity index is 2.25. The van der Waals surface area contributed by atoms with Crippen LogP contribution >= 0.6 is 0 Å². The van der Waals surface area contributed by atoms with E-state index in [0.29, 0.717) is 23.6 Å². The number of rotatable bonds is 20. The average Bonchev–Trinajstić information content (AvgIpc) is 2.81. The molecule has 1 rings (SSSR count). The Morgan fingerprint density at radius 1 is 0.794 bits per heavy atom. The van der Waals surface area contributed by atoms with Gasteiger partial charge in [0.05, 0.1) is 31.4 Å². The van der Waals surface area contributed by atoms with Crippen molar-refractivity contribution in [2.75, 3.05) is 19.0 Å². The van der Waals surface area contributed by atoms with E-state index in [1.165, 1.54) is 97.1 Å². The van der Waals surface area contributed by atoms with Gasteiger partial charge in [0.15, 0.2) is 0 Å². The smallest absolute Gasteiger partial charge is 0.337 e. The monoisotopic (exact) mass is 475 g/mol. The van der Waals surface area contributed by atoms with Gasteiger partial charge in [-0.05, 0) is 31.5 Å². The van der Waals surface area contributed by atoms with Crippen LogP contribution in [0.3, 0.4) is 0 Å². The largest absolute Gasteiger partial charge is 0.491 e. The molecule has 0 radical (unpaired) electrons. The van der Waals surface area contributed by atoms with Gasteiger partial charge in [-0.25, -0.2) is 4.79 Å². The first-order chi connectivity index (χ1) is 16.5. The number of benzene rings is 1. The maximum Gasteiger partial charge on any atom is 0.337 e. The number of amides is 1. The highest BCUT2D eigenvalue weighted by molar-refractivity contribution is 6.04. The molecule has 0 fully saturated rings. The lowest BCUT2D eigenvalue weighted by Gasteiger charge is -2.13. The van der Waals surface area contributed by atoms with Crippen molar-refractivity contribution in [1.29, 1.82) is 0 Å². The standard InChI is InChI=1S/C28H45NO5/c1-4-5-6-7-8-9-10-11-12-13-14-15-16-17-20-34-26-19-18-24(28(32)33-3)22-25(26)29-27(31)21-23(2)30/h18-19,22H,4-17,20-21H2,1-3H3,(H,29,31). The van der Waals surface area contributed by atoms with Crippen LogP contribution in [0, 0.1) is 0 Å². The lowest BCUT2D eigenvalue weighted by atomic mass is 10.0. The van der Waals surface area contributed by atoms with Crippen molar-refractivity contribution in [3.05, 3.63) is 23.8 Å². The van der Waals surface area contributed by atoms with Gasteiger partial charge in [0.1, 0.15) is 11.5 Å². The summed E-state index contributed by atoms with van der Waals surface area (Å²) in [5.74, 6) is -0.679. The van der Waals surface area contributed by atoms with E-state index in [4.69, 9.17) is 9.47 Å². The molecule has 0 aliphatic carbocycles. The number of carbonyl (C=O) groups is 3. The number of ether oxygens (including phenoxy) is 2. The van der Waals surface area contributed by atoms with Crippen LogP contribution in [-0.2, 0) is 14.3 Å². The van der Waals surface area contributed by atoms with Crippen LogP contribution in [0.2, 0.25) is 0 Å². The quantitative estimate of drug-likeness (QED) is 0.122. The summed E-state index contributed by atoms with van der Waals surface area (Å²) in [6.07, 6.45) is 17.9. The maximum atomic E-state index is 12.0. The van der Waals surface area contributed by atoms with Gasteiger partial charge in [0.25, 0.3) is 0 Å². The molecule has 0 spiro atoms. The second kappa shape index (κ2) is 19.0. The molecule has 0 bridgehead atoms. The van der Waals surface area contributed by atoms with Crippen LogP contribution in [0.4, 0.5) is 5.69 Å². The predicted molar refractivity (Wildman–Crippen MR) is 138 cm³/mol. The van der Waals surface area contributed by atoms with Crippen molar-refractivity contribution in [3.63, 3.8) is 0 Å². The molecule has 0 aliphatic rings. The maximum absolute atomic E-state index is 12.0. The van der Waals surface area contributed by atoms with Gasteiger partial charge in [-0.3, -0.25) is 9.59 Å². The Kier molecular flexibility index (Phi) is 16.6. The van der Waals surface area contributed by atoms with Gasteiger partial charge in [-0.15, -0.1) is 0 Å². The Labute approximate surface area is 206 Å². The molecule has 34 heavy (non-hydrogen) atoms. The third-order valence-corrected chi connectivity index (χ3v) is 5.84.